The SMILES string of the molecule is FCC1(F)OC(F)(F)C(F)(F)C1(F)F. The largest absolute Gasteiger partial charge is 0.428 e. The summed E-state index contributed by atoms with van der Waals surface area (Å²) < 4.78 is 99.5. The molecular formula is C5H2F8O. The van der Waals surface area contributed by atoms with Crippen LogP contribution in [0.15, 0.2) is 0 Å². The molecule has 0 spiro atoms. The highest BCUT2D eigenvalue weighted by molar-refractivity contribution is 5.07. The molecule has 1 unspecified atom stereocenters. The standard InChI is InChI=1S/C5H2F8O/c6-1-2(7)3(8,9)4(10,11)5(12,13)14-2/h1H2. The maximum absolute atomic E-state index is 12.5. The minimum Gasteiger partial charge on any atom is -0.269 e. The molecular weight excluding hydrogens is 228 g/mol. The van der Waals surface area contributed by atoms with Gasteiger partial charge in [0.15, 0.2) is 6.67 Å². The zero-order chi connectivity index (χ0) is 11.4. The monoisotopic (exact) mass is 230 g/mol. The molecule has 1 aliphatic rings. The van der Waals surface area contributed by atoms with E-state index in [0.29, 0.717) is 0 Å². The highest BCUT2D eigenvalue weighted by Gasteiger charge is 2.89. The van der Waals surface area contributed by atoms with Crippen LogP contribution in [0.25, 0.3) is 0 Å². The molecule has 0 radical (unpaired) electrons. The molecule has 0 aromatic rings. The number of alkyl halides is 8. The van der Waals surface area contributed by atoms with E-state index in [2.05, 4.69) is 4.74 Å². The predicted octanol–water partition coefficient (Wildman–Crippen LogP) is 2.52. The molecule has 1 rings (SSSR count). The fraction of sp³-hybridized carbons (Fsp3) is 1.00. The van der Waals surface area contributed by atoms with Crippen molar-refractivity contribution in [2.24, 2.45) is 0 Å². The van der Waals surface area contributed by atoms with Gasteiger partial charge in [0, 0.05) is 0 Å². The van der Waals surface area contributed by atoms with Crippen LogP contribution in [0.5, 0.6) is 0 Å². The van der Waals surface area contributed by atoms with Gasteiger partial charge in [-0.2, -0.15) is 26.3 Å². The van der Waals surface area contributed by atoms with Crippen molar-refractivity contribution in [3.05, 3.63) is 0 Å². The summed E-state index contributed by atoms with van der Waals surface area (Å²) in [5, 5.41) is 0. The Hall–Kier alpha value is -0.600. The lowest BCUT2D eigenvalue weighted by Gasteiger charge is -2.23. The summed E-state index contributed by atoms with van der Waals surface area (Å²) in [5.41, 5.74) is 0. The van der Waals surface area contributed by atoms with Gasteiger partial charge in [0.25, 0.3) is 0 Å². The minimum absolute atomic E-state index is 2.44. The molecule has 1 heterocycles. The van der Waals surface area contributed by atoms with Crippen LogP contribution in [0, 0.1) is 0 Å². The van der Waals surface area contributed by atoms with Crippen molar-refractivity contribution < 1.29 is 39.9 Å². The number of ether oxygens (including phenoxy) is 1. The second-order valence-corrected chi connectivity index (χ2v) is 2.63. The minimum atomic E-state index is -6.08. The number of rotatable bonds is 1. The van der Waals surface area contributed by atoms with Gasteiger partial charge in [-0.25, -0.2) is 8.78 Å². The van der Waals surface area contributed by atoms with Crippen molar-refractivity contribution in [2.75, 3.05) is 6.67 Å². The molecule has 1 fully saturated rings. The zero-order valence-electron chi connectivity index (χ0n) is 6.14. The molecule has 0 bridgehead atoms. The third-order valence-corrected chi connectivity index (χ3v) is 1.69. The van der Waals surface area contributed by atoms with Crippen molar-refractivity contribution in [2.45, 2.75) is 23.8 Å². The highest BCUT2D eigenvalue weighted by Crippen LogP contribution is 2.60. The number of hydrogen-bond donors (Lipinski definition) is 0. The first-order valence-electron chi connectivity index (χ1n) is 3.10. The van der Waals surface area contributed by atoms with Gasteiger partial charge >= 0.3 is 23.8 Å². The first kappa shape index (κ1) is 11.5. The maximum Gasteiger partial charge on any atom is 0.428 e. The summed E-state index contributed by atoms with van der Waals surface area (Å²) in [7, 11) is 0. The van der Waals surface area contributed by atoms with Gasteiger partial charge in [-0.15, -0.1) is 0 Å². The normalized spacial score (nSPS) is 38.6. The molecule has 0 amide bonds. The van der Waals surface area contributed by atoms with E-state index in [0.717, 1.165) is 0 Å². The van der Waals surface area contributed by atoms with E-state index in [4.69, 9.17) is 0 Å². The second kappa shape index (κ2) is 2.50. The fourth-order valence-electron chi connectivity index (χ4n) is 0.860. The third kappa shape index (κ3) is 0.984. The van der Waals surface area contributed by atoms with Gasteiger partial charge in [-0.05, 0) is 0 Å². The number of halogens is 8. The molecule has 1 atom stereocenters. The summed E-state index contributed by atoms with van der Waals surface area (Å²) in [4.78, 5) is 0. The molecule has 1 nitrogen and oxygen atoms in total. The Bertz CT molecular complexity index is 250. The Morgan fingerprint density at radius 2 is 1.21 bits per heavy atom. The molecule has 0 aromatic carbocycles. The van der Waals surface area contributed by atoms with Crippen LogP contribution in [0.1, 0.15) is 0 Å². The van der Waals surface area contributed by atoms with Gasteiger partial charge < -0.3 is 0 Å². The quantitative estimate of drug-likeness (QED) is 0.629. The van der Waals surface area contributed by atoms with Gasteiger partial charge in [0.05, 0.1) is 0 Å². The highest BCUT2D eigenvalue weighted by atomic mass is 19.4. The molecule has 1 saturated heterocycles. The van der Waals surface area contributed by atoms with E-state index in [1.807, 2.05) is 0 Å². The Morgan fingerprint density at radius 3 is 1.36 bits per heavy atom. The maximum atomic E-state index is 12.5. The summed E-state index contributed by atoms with van der Waals surface area (Å²) in [6.45, 7) is -2.80. The Kier molecular flexibility index (Phi) is 2.05. The van der Waals surface area contributed by atoms with Crippen LogP contribution >= 0.6 is 0 Å². The first-order chi connectivity index (χ1) is 6.02. The van der Waals surface area contributed by atoms with Crippen LogP contribution in [0.2, 0.25) is 0 Å². The van der Waals surface area contributed by atoms with Crippen molar-refractivity contribution in [1.29, 1.82) is 0 Å². The Labute approximate surface area is 71.6 Å². The summed E-state index contributed by atoms with van der Waals surface area (Å²) >= 11 is 0. The first-order valence-corrected chi connectivity index (χ1v) is 3.10. The number of hydrogen-bond acceptors (Lipinski definition) is 1. The third-order valence-electron chi connectivity index (χ3n) is 1.69. The van der Waals surface area contributed by atoms with Crippen molar-refractivity contribution in [3.8, 4) is 0 Å². The van der Waals surface area contributed by atoms with E-state index >= 15 is 0 Å². The smallest absolute Gasteiger partial charge is 0.269 e. The van der Waals surface area contributed by atoms with Gasteiger partial charge in [0.1, 0.15) is 0 Å². The molecule has 84 valence electrons. The van der Waals surface area contributed by atoms with Crippen LogP contribution in [-0.2, 0) is 4.74 Å². The van der Waals surface area contributed by atoms with Crippen LogP contribution < -0.4 is 0 Å². The topological polar surface area (TPSA) is 9.23 Å². The molecule has 0 saturated carbocycles. The zero-order valence-corrected chi connectivity index (χ0v) is 6.14. The van der Waals surface area contributed by atoms with Gasteiger partial charge in [-0.3, -0.25) is 4.74 Å². The predicted molar refractivity (Wildman–Crippen MR) is 25.7 cm³/mol. The Balaban J connectivity index is 3.25. The molecule has 0 aromatic heterocycles. The lowest BCUT2D eigenvalue weighted by atomic mass is 10.1. The summed E-state index contributed by atoms with van der Waals surface area (Å²) in [6, 6.07) is 0. The average molecular weight is 230 g/mol. The van der Waals surface area contributed by atoms with Crippen molar-refractivity contribution in [1.82, 2.24) is 0 Å². The van der Waals surface area contributed by atoms with Crippen LogP contribution in [0.3, 0.4) is 0 Å². The lowest BCUT2D eigenvalue weighted by Crippen LogP contribution is -2.53. The molecule has 0 aliphatic carbocycles. The van der Waals surface area contributed by atoms with E-state index < -0.39 is 30.5 Å². The molecule has 14 heavy (non-hydrogen) atoms. The summed E-state index contributed by atoms with van der Waals surface area (Å²) in [6.07, 6.45) is -5.74. The average Bonchev–Trinajstić information content (AvgIpc) is 2.09. The van der Waals surface area contributed by atoms with Gasteiger partial charge in [-0.1, -0.05) is 0 Å². The Morgan fingerprint density at radius 1 is 0.786 bits per heavy atom. The fourth-order valence-corrected chi connectivity index (χ4v) is 0.860. The summed E-state index contributed by atoms with van der Waals surface area (Å²) in [5.74, 6) is -17.0. The second-order valence-electron chi connectivity index (χ2n) is 2.63. The van der Waals surface area contributed by atoms with E-state index in [-0.39, 0.29) is 0 Å². The van der Waals surface area contributed by atoms with E-state index in [1.165, 1.54) is 0 Å². The molecule has 9 heteroatoms. The van der Waals surface area contributed by atoms with E-state index in [1.54, 1.807) is 0 Å². The van der Waals surface area contributed by atoms with E-state index in [9.17, 15) is 35.1 Å². The van der Waals surface area contributed by atoms with Crippen molar-refractivity contribution in [3.63, 3.8) is 0 Å². The van der Waals surface area contributed by atoms with Crippen molar-refractivity contribution >= 4 is 0 Å². The lowest BCUT2D eigenvalue weighted by molar-refractivity contribution is -0.338. The molecule has 0 N–H and O–H groups in total. The van der Waals surface area contributed by atoms with Crippen LogP contribution in [0.4, 0.5) is 35.1 Å². The van der Waals surface area contributed by atoms with Crippen LogP contribution in [-0.4, -0.2) is 30.5 Å². The van der Waals surface area contributed by atoms with Gasteiger partial charge in [0.2, 0.25) is 0 Å². The molecule has 1 aliphatic heterocycles.